The van der Waals surface area contributed by atoms with Crippen molar-refractivity contribution >= 4 is 15.9 Å². The van der Waals surface area contributed by atoms with E-state index < -0.39 is 17.8 Å². The van der Waals surface area contributed by atoms with Crippen LogP contribution >= 0.6 is 15.9 Å². The Morgan fingerprint density at radius 3 is 2.60 bits per heavy atom. The van der Waals surface area contributed by atoms with Gasteiger partial charge in [-0.05, 0) is 46.0 Å². The van der Waals surface area contributed by atoms with Crippen molar-refractivity contribution < 1.29 is 18.3 Å². The van der Waals surface area contributed by atoms with E-state index in [2.05, 4.69) is 15.9 Å². The average molecular weight is 281 g/mol. The largest absolute Gasteiger partial charge is 0.417 e. The van der Waals surface area contributed by atoms with E-state index in [0.29, 0.717) is 24.0 Å². The summed E-state index contributed by atoms with van der Waals surface area (Å²) in [6.07, 6.45) is -3.99. The monoisotopic (exact) mass is 280 g/mol. The molecular weight excluding hydrogens is 273 g/mol. The molecule has 0 amide bonds. The number of benzene rings is 1. The van der Waals surface area contributed by atoms with Crippen LogP contribution in [-0.2, 0) is 12.6 Å². The smallest absolute Gasteiger partial charge is 0.388 e. The summed E-state index contributed by atoms with van der Waals surface area (Å²) in [6, 6.07) is 2.37. The summed E-state index contributed by atoms with van der Waals surface area (Å²) in [5.74, 6) is 0. The number of alkyl halides is 3. The number of hydrogen-bond acceptors (Lipinski definition) is 1. The minimum atomic E-state index is -4.35. The SMILES string of the molecule is OC1CCc2c1ccc(C(F)(F)F)c2Br. The topological polar surface area (TPSA) is 20.2 Å². The second-order valence-electron chi connectivity index (χ2n) is 3.55. The van der Waals surface area contributed by atoms with Gasteiger partial charge in [-0.3, -0.25) is 0 Å². The van der Waals surface area contributed by atoms with Crippen molar-refractivity contribution in [3.8, 4) is 0 Å². The van der Waals surface area contributed by atoms with Gasteiger partial charge in [-0.25, -0.2) is 0 Å². The Hall–Kier alpha value is -0.550. The van der Waals surface area contributed by atoms with E-state index in [0.717, 1.165) is 6.07 Å². The fourth-order valence-electron chi connectivity index (χ4n) is 1.86. The Balaban J connectivity index is 2.56. The first-order valence-corrected chi connectivity index (χ1v) is 5.27. The standard InChI is InChI=1S/C10H8BrF3O/c11-9-6-2-4-8(15)5(6)1-3-7(9)10(12,13)14/h1,3,8,15H,2,4H2. The highest BCUT2D eigenvalue weighted by Crippen LogP contribution is 2.42. The summed E-state index contributed by atoms with van der Waals surface area (Å²) < 4.78 is 37.6. The third kappa shape index (κ3) is 1.78. The predicted octanol–water partition coefficient (Wildman–Crippen LogP) is 3.45. The van der Waals surface area contributed by atoms with Crippen molar-refractivity contribution in [2.75, 3.05) is 0 Å². The zero-order chi connectivity index (χ0) is 11.2. The van der Waals surface area contributed by atoms with Crippen molar-refractivity contribution in [3.63, 3.8) is 0 Å². The lowest BCUT2D eigenvalue weighted by Crippen LogP contribution is -2.07. The molecule has 0 heterocycles. The normalized spacial score (nSPS) is 20.5. The molecule has 0 saturated heterocycles. The maximum atomic E-state index is 12.5. The van der Waals surface area contributed by atoms with Crippen LogP contribution in [0.1, 0.15) is 29.2 Å². The van der Waals surface area contributed by atoms with E-state index in [-0.39, 0.29) is 4.47 Å². The van der Waals surface area contributed by atoms with Gasteiger partial charge in [0.1, 0.15) is 0 Å². The Kier molecular flexibility index (Phi) is 2.55. The van der Waals surface area contributed by atoms with Crippen LogP contribution in [0.4, 0.5) is 13.2 Å². The summed E-state index contributed by atoms with van der Waals surface area (Å²) in [6.45, 7) is 0. The molecule has 2 rings (SSSR count). The second kappa shape index (κ2) is 3.49. The van der Waals surface area contributed by atoms with Gasteiger partial charge >= 0.3 is 6.18 Å². The molecule has 0 saturated carbocycles. The Morgan fingerprint density at radius 1 is 1.33 bits per heavy atom. The van der Waals surface area contributed by atoms with Gasteiger partial charge in [0.05, 0.1) is 11.7 Å². The molecule has 15 heavy (non-hydrogen) atoms. The third-order valence-corrected chi connectivity index (χ3v) is 3.52. The van der Waals surface area contributed by atoms with Gasteiger partial charge in [0.15, 0.2) is 0 Å². The number of fused-ring (bicyclic) bond motifs is 1. The molecule has 1 aliphatic rings. The highest BCUT2D eigenvalue weighted by molar-refractivity contribution is 9.10. The maximum Gasteiger partial charge on any atom is 0.417 e. The van der Waals surface area contributed by atoms with Gasteiger partial charge < -0.3 is 5.11 Å². The van der Waals surface area contributed by atoms with Gasteiger partial charge in [0.25, 0.3) is 0 Å². The lowest BCUT2D eigenvalue weighted by atomic mass is 10.1. The predicted molar refractivity (Wildman–Crippen MR) is 52.4 cm³/mol. The van der Waals surface area contributed by atoms with Crippen LogP contribution in [0.5, 0.6) is 0 Å². The summed E-state index contributed by atoms with van der Waals surface area (Å²) in [7, 11) is 0. The average Bonchev–Trinajstić information content (AvgIpc) is 2.47. The molecule has 1 N–H and O–H groups in total. The minimum Gasteiger partial charge on any atom is -0.388 e. The molecule has 0 spiro atoms. The molecule has 1 unspecified atom stereocenters. The lowest BCUT2D eigenvalue weighted by molar-refractivity contribution is -0.138. The zero-order valence-electron chi connectivity index (χ0n) is 7.61. The molecule has 1 atom stereocenters. The Bertz CT molecular complexity index is 400. The fourth-order valence-corrected chi connectivity index (χ4v) is 2.64. The molecular formula is C10H8BrF3O. The first-order valence-electron chi connectivity index (χ1n) is 4.48. The van der Waals surface area contributed by atoms with Crippen molar-refractivity contribution in [3.05, 3.63) is 33.3 Å². The third-order valence-electron chi connectivity index (χ3n) is 2.61. The van der Waals surface area contributed by atoms with E-state index in [1.165, 1.54) is 6.07 Å². The zero-order valence-corrected chi connectivity index (χ0v) is 9.19. The van der Waals surface area contributed by atoms with Crippen molar-refractivity contribution in [2.45, 2.75) is 25.1 Å². The first-order chi connectivity index (χ1) is 6.91. The minimum absolute atomic E-state index is 0.0732. The number of rotatable bonds is 0. The molecule has 1 aliphatic carbocycles. The molecule has 0 aromatic heterocycles. The van der Waals surface area contributed by atoms with Gasteiger partial charge in [0, 0.05) is 4.47 Å². The van der Waals surface area contributed by atoms with E-state index in [9.17, 15) is 18.3 Å². The summed E-state index contributed by atoms with van der Waals surface area (Å²) >= 11 is 2.96. The summed E-state index contributed by atoms with van der Waals surface area (Å²) in [5, 5.41) is 9.50. The van der Waals surface area contributed by atoms with Crippen LogP contribution in [0.3, 0.4) is 0 Å². The Labute approximate surface area is 93.0 Å². The van der Waals surface area contributed by atoms with Crippen LogP contribution in [0, 0.1) is 0 Å². The molecule has 1 aromatic rings. The number of halogens is 4. The van der Waals surface area contributed by atoms with E-state index >= 15 is 0 Å². The molecule has 1 nitrogen and oxygen atoms in total. The summed E-state index contributed by atoms with van der Waals surface area (Å²) in [5.41, 5.74) is 0.516. The van der Waals surface area contributed by atoms with Crippen LogP contribution in [0.15, 0.2) is 16.6 Å². The van der Waals surface area contributed by atoms with Crippen LogP contribution in [0.2, 0.25) is 0 Å². The van der Waals surface area contributed by atoms with Gasteiger partial charge in [-0.15, -0.1) is 0 Å². The molecule has 0 radical (unpaired) electrons. The van der Waals surface area contributed by atoms with Gasteiger partial charge in [-0.2, -0.15) is 13.2 Å². The first kappa shape index (κ1) is 11.0. The maximum absolute atomic E-state index is 12.5. The van der Waals surface area contributed by atoms with E-state index in [1.54, 1.807) is 0 Å². The summed E-state index contributed by atoms with van der Waals surface area (Å²) in [4.78, 5) is 0. The van der Waals surface area contributed by atoms with E-state index in [4.69, 9.17) is 0 Å². The molecule has 1 aromatic carbocycles. The highest BCUT2D eigenvalue weighted by atomic mass is 79.9. The molecule has 0 aliphatic heterocycles. The number of hydrogen-bond donors (Lipinski definition) is 1. The number of aliphatic hydroxyl groups is 1. The van der Waals surface area contributed by atoms with Gasteiger partial charge in [-0.1, -0.05) is 6.07 Å². The van der Waals surface area contributed by atoms with Crippen LogP contribution in [0.25, 0.3) is 0 Å². The molecule has 5 heteroatoms. The lowest BCUT2D eigenvalue weighted by Gasteiger charge is -2.13. The van der Waals surface area contributed by atoms with Crippen molar-refractivity contribution in [1.82, 2.24) is 0 Å². The van der Waals surface area contributed by atoms with Crippen molar-refractivity contribution in [2.24, 2.45) is 0 Å². The van der Waals surface area contributed by atoms with Crippen LogP contribution in [-0.4, -0.2) is 5.11 Å². The van der Waals surface area contributed by atoms with Crippen LogP contribution < -0.4 is 0 Å². The highest BCUT2D eigenvalue weighted by Gasteiger charge is 2.36. The van der Waals surface area contributed by atoms with Gasteiger partial charge in [0.2, 0.25) is 0 Å². The quantitative estimate of drug-likeness (QED) is 0.772. The Morgan fingerprint density at radius 2 is 2.00 bits per heavy atom. The number of aliphatic hydroxyl groups excluding tert-OH is 1. The molecule has 0 fully saturated rings. The van der Waals surface area contributed by atoms with E-state index in [1.807, 2.05) is 0 Å². The molecule has 0 bridgehead atoms. The second-order valence-corrected chi connectivity index (χ2v) is 4.34. The van der Waals surface area contributed by atoms with Crippen molar-refractivity contribution in [1.29, 1.82) is 0 Å². The fraction of sp³-hybridized carbons (Fsp3) is 0.400. The molecule has 82 valence electrons.